The van der Waals surface area contributed by atoms with Crippen LogP contribution in [-0.2, 0) is 19.5 Å². The number of non-ortho nitro benzene ring substituents is 1. The van der Waals surface area contributed by atoms with E-state index in [9.17, 15) is 10.1 Å². The normalized spacial score (nSPS) is 17.5. The van der Waals surface area contributed by atoms with Gasteiger partial charge in [-0.05, 0) is 17.7 Å². The molecule has 102 valence electrons. The van der Waals surface area contributed by atoms with Crippen LogP contribution in [0.4, 0.5) is 5.69 Å². The minimum atomic E-state index is -0.353. The molecule has 1 aliphatic rings. The second kappa shape index (κ2) is 5.43. The Balaban J connectivity index is 1.69. The number of nitrogens with one attached hydrogen (secondary N) is 1. The van der Waals surface area contributed by atoms with Gasteiger partial charge in [0.05, 0.1) is 11.5 Å². The third-order valence-corrected chi connectivity index (χ3v) is 3.91. The van der Waals surface area contributed by atoms with Gasteiger partial charge in [-0.1, -0.05) is 24.3 Å². The van der Waals surface area contributed by atoms with Crippen LogP contribution in [0.2, 0.25) is 0 Å². The van der Waals surface area contributed by atoms with Crippen LogP contribution in [0, 0.1) is 10.1 Å². The van der Waals surface area contributed by atoms with E-state index in [1.165, 1.54) is 16.0 Å². The summed E-state index contributed by atoms with van der Waals surface area (Å²) in [5.41, 5.74) is 4.20. The van der Waals surface area contributed by atoms with Gasteiger partial charge in [-0.15, -0.1) is 0 Å². The van der Waals surface area contributed by atoms with Crippen LogP contribution in [0.15, 0.2) is 48.5 Å². The average Bonchev–Trinajstić information content (AvgIpc) is 2.48. The zero-order valence-corrected chi connectivity index (χ0v) is 11.2. The molecule has 0 aliphatic carbocycles. The SMILES string of the molecule is O=[N+]([O-])c1ccc(C[NH+]2CCc3ccccc3C2)cc1. The molecule has 3 rings (SSSR count). The maximum absolute atomic E-state index is 10.6. The van der Waals surface area contributed by atoms with Gasteiger partial charge >= 0.3 is 0 Å². The van der Waals surface area contributed by atoms with Crippen LogP contribution in [0.25, 0.3) is 0 Å². The van der Waals surface area contributed by atoms with Gasteiger partial charge in [0.25, 0.3) is 5.69 Å². The third-order valence-electron chi connectivity index (χ3n) is 3.91. The van der Waals surface area contributed by atoms with Gasteiger partial charge in [0.1, 0.15) is 13.1 Å². The minimum absolute atomic E-state index is 0.160. The van der Waals surface area contributed by atoms with E-state index in [-0.39, 0.29) is 10.6 Å². The maximum Gasteiger partial charge on any atom is 0.269 e. The average molecular weight is 269 g/mol. The quantitative estimate of drug-likeness (QED) is 0.681. The molecule has 0 saturated carbocycles. The van der Waals surface area contributed by atoms with Crippen molar-refractivity contribution < 1.29 is 9.82 Å². The van der Waals surface area contributed by atoms with Crippen molar-refractivity contribution in [3.63, 3.8) is 0 Å². The second-order valence-corrected chi connectivity index (χ2v) is 5.30. The zero-order valence-electron chi connectivity index (χ0n) is 11.2. The largest absolute Gasteiger partial charge is 0.327 e. The standard InChI is InChI=1S/C16H16N2O2/c19-18(20)16-7-5-13(6-8-16)11-17-10-9-14-3-1-2-4-15(14)12-17/h1-8H,9-12H2/p+1. The molecule has 0 saturated heterocycles. The Morgan fingerprint density at radius 3 is 2.45 bits per heavy atom. The molecule has 0 bridgehead atoms. The molecule has 1 aliphatic heterocycles. The number of hydrogen-bond donors (Lipinski definition) is 1. The number of hydrogen-bond acceptors (Lipinski definition) is 2. The van der Waals surface area contributed by atoms with Crippen molar-refractivity contribution in [3.05, 3.63) is 75.3 Å². The van der Waals surface area contributed by atoms with Gasteiger partial charge in [0, 0.05) is 29.7 Å². The lowest BCUT2D eigenvalue weighted by molar-refractivity contribution is -0.929. The highest BCUT2D eigenvalue weighted by molar-refractivity contribution is 5.32. The molecule has 1 atom stereocenters. The Morgan fingerprint density at radius 1 is 1.05 bits per heavy atom. The molecular weight excluding hydrogens is 252 g/mol. The van der Waals surface area contributed by atoms with Gasteiger partial charge in [-0.2, -0.15) is 0 Å². The summed E-state index contributed by atoms with van der Waals surface area (Å²) in [6, 6.07) is 15.5. The summed E-state index contributed by atoms with van der Waals surface area (Å²) >= 11 is 0. The molecule has 0 spiro atoms. The van der Waals surface area contributed by atoms with E-state index in [0.29, 0.717) is 0 Å². The molecule has 1 heterocycles. The van der Waals surface area contributed by atoms with Crippen molar-refractivity contribution in [2.24, 2.45) is 0 Å². The van der Waals surface area contributed by atoms with Crippen LogP contribution < -0.4 is 4.90 Å². The lowest BCUT2D eigenvalue weighted by atomic mass is 9.99. The Morgan fingerprint density at radius 2 is 1.75 bits per heavy atom. The first-order valence-corrected chi connectivity index (χ1v) is 6.86. The molecule has 1 N–H and O–H groups in total. The summed E-state index contributed by atoms with van der Waals surface area (Å²) in [6.07, 6.45) is 1.11. The fourth-order valence-electron chi connectivity index (χ4n) is 2.82. The van der Waals surface area contributed by atoms with E-state index >= 15 is 0 Å². The molecule has 0 fully saturated rings. The molecule has 1 unspecified atom stereocenters. The molecule has 2 aromatic rings. The summed E-state index contributed by atoms with van der Waals surface area (Å²) in [5.74, 6) is 0. The van der Waals surface area contributed by atoms with Crippen molar-refractivity contribution in [2.75, 3.05) is 6.54 Å². The third kappa shape index (κ3) is 2.70. The van der Waals surface area contributed by atoms with Gasteiger partial charge in [-0.3, -0.25) is 10.1 Å². The van der Waals surface area contributed by atoms with Crippen molar-refractivity contribution in [3.8, 4) is 0 Å². The topological polar surface area (TPSA) is 47.6 Å². The van der Waals surface area contributed by atoms with Gasteiger partial charge < -0.3 is 4.90 Å². The molecular formula is C16H17N2O2+. The van der Waals surface area contributed by atoms with E-state index in [1.54, 1.807) is 12.1 Å². The Bertz CT molecular complexity index is 623. The van der Waals surface area contributed by atoms with E-state index < -0.39 is 0 Å². The number of nitrogens with zero attached hydrogens (tertiary/aromatic N) is 1. The summed E-state index contributed by atoms with van der Waals surface area (Å²) in [4.78, 5) is 11.8. The van der Waals surface area contributed by atoms with E-state index in [2.05, 4.69) is 24.3 Å². The first kappa shape index (κ1) is 12.8. The number of benzene rings is 2. The number of fused-ring (bicyclic) bond motifs is 1. The first-order valence-electron chi connectivity index (χ1n) is 6.86. The second-order valence-electron chi connectivity index (χ2n) is 5.30. The van der Waals surface area contributed by atoms with Crippen LogP contribution in [0.3, 0.4) is 0 Å². The highest BCUT2D eigenvalue weighted by Gasteiger charge is 2.19. The Labute approximate surface area is 117 Å². The number of quaternary nitrogens is 1. The van der Waals surface area contributed by atoms with E-state index in [0.717, 1.165) is 31.6 Å². The van der Waals surface area contributed by atoms with Crippen molar-refractivity contribution in [1.29, 1.82) is 0 Å². The fraction of sp³-hybridized carbons (Fsp3) is 0.250. The molecule has 0 amide bonds. The van der Waals surface area contributed by atoms with Gasteiger partial charge in [-0.25, -0.2) is 0 Å². The van der Waals surface area contributed by atoms with Crippen LogP contribution in [0.5, 0.6) is 0 Å². The van der Waals surface area contributed by atoms with Crippen molar-refractivity contribution in [1.82, 2.24) is 0 Å². The first-order chi connectivity index (χ1) is 9.72. The van der Waals surface area contributed by atoms with E-state index in [4.69, 9.17) is 0 Å². The molecule has 0 aromatic heterocycles. The monoisotopic (exact) mass is 269 g/mol. The predicted molar refractivity (Wildman–Crippen MR) is 76.5 cm³/mol. The smallest absolute Gasteiger partial charge is 0.269 e. The van der Waals surface area contributed by atoms with Crippen LogP contribution in [0.1, 0.15) is 16.7 Å². The summed E-state index contributed by atoms with van der Waals surface area (Å²) in [7, 11) is 0. The highest BCUT2D eigenvalue weighted by atomic mass is 16.6. The number of rotatable bonds is 3. The van der Waals surface area contributed by atoms with Crippen molar-refractivity contribution in [2.45, 2.75) is 19.5 Å². The minimum Gasteiger partial charge on any atom is -0.327 e. The molecule has 4 heteroatoms. The molecule has 2 aromatic carbocycles. The highest BCUT2D eigenvalue weighted by Crippen LogP contribution is 2.13. The van der Waals surface area contributed by atoms with E-state index in [1.807, 2.05) is 12.1 Å². The van der Waals surface area contributed by atoms with Gasteiger partial charge in [0.15, 0.2) is 0 Å². The Hall–Kier alpha value is -2.20. The zero-order chi connectivity index (χ0) is 13.9. The lowest BCUT2D eigenvalue weighted by Gasteiger charge is -2.25. The summed E-state index contributed by atoms with van der Waals surface area (Å²) in [6.45, 7) is 3.08. The maximum atomic E-state index is 10.6. The summed E-state index contributed by atoms with van der Waals surface area (Å²) in [5, 5.41) is 10.6. The predicted octanol–water partition coefficient (Wildman–Crippen LogP) is 1.74. The number of nitro groups is 1. The summed E-state index contributed by atoms with van der Waals surface area (Å²) < 4.78 is 0. The van der Waals surface area contributed by atoms with Gasteiger partial charge in [0.2, 0.25) is 0 Å². The van der Waals surface area contributed by atoms with Crippen LogP contribution >= 0.6 is 0 Å². The molecule has 20 heavy (non-hydrogen) atoms. The number of nitro benzene ring substituents is 1. The van der Waals surface area contributed by atoms with Crippen molar-refractivity contribution >= 4 is 5.69 Å². The fourth-order valence-corrected chi connectivity index (χ4v) is 2.82. The molecule has 0 radical (unpaired) electrons. The van der Waals surface area contributed by atoms with Crippen LogP contribution in [-0.4, -0.2) is 11.5 Å². The molecule has 4 nitrogen and oxygen atoms in total. The Kier molecular flexibility index (Phi) is 3.48. The lowest BCUT2D eigenvalue weighted by Crippen LogP contribution is -3.10.